The van der Waals surface area contributed by atoms with Gasteiger partial charge in [0, 0.05) is 16.9 Å². The first-order chi connectivity index (χ1) is 9.79. The van der Waals surface area contributed by atoms with Crippen LogP contribution in [0.5, 0.6) is 0 Å². The molecule has 0 saturated carbocycles. The quantitative estimate of drug-likeness (QED) is 0.745. The molecule has 0 aliphatic rings. The van der Waals surface area contributed by atoms with Gasteiger partial charge in [-0.1, -0.05) is 12.1 Å². The highest BCUT2D eigenvalue weighted by atomic mass is 32.2. The molecular formula is C14H15N3O3S. The molecule has 110 valence electrons. The molecule has 0 atom stereocenters. The zero-order valence-corrected chi connectivity index (χ0v) is 12.1. The van der Waals surface area contributed by atoms with E-state index in [1.165, 1.54) is 18.2 Å². The van der Waals surface area contributed by atoms with Crippen LogP contribution >= 0.6 is 0 Å². The fourth-order valence-corrected chi connectivity index (χ4v) is 2.74. The van der Waals surface area contributed by atoms with Crippen LogP contribution in [0, 0.1) is 6.92 Å². The van der Waals surface area contributed by atoms with Crippen molar-refractivity contribution in [3.05, 3.63) is 53.6 Å². The second kappa shape index (κ2) is 5.55. The predicted molar refractivity (Wildman–Crippen MR) is 81.4 cm³/mol. The van der Waals surface area contributed by atoms with Gasteiger partial charge < -0.3 is 11.1 Å². The van der Waals surface area contributed by atoms with Crippen LogP contribution < -0.4 is 16.2 Å². The van der Waals surface area contributed by atoms with E-state index in [1.54, 1.807) is 31.2 Å². The van der Waals surface area contributed by atoms with Gasteiger partial charge in [-0.05, 0) is 42.8 Å². The van der Waals surface area contributed by atoms with E-state index in [1.807, 2.05) is 0 Å². The number of amides is 1. The lowest BCUT2D eigenvalue weighted by atomic mass is 10.1. The van der Waals surface area contributed by atoms with Crippen LogP contribution in [0.3, 0.4) is 0 Å². The maximum atomic E-state index is 12.1. The molecule has 0 spiro atoms. The Morgan fingerprint density at radius 3 is 2.43 bits per heavy atom. The lowest BCUT2D eigenvalue weighted by Crippen LogP contribution is -2.17. The molecule has 0 aliphatic heterocycles. The lowest BCUT2D eigenvalue weighted by molar-refractivity contribution is 0.102. The number of primary sulfonamides is 1. The van der Waals surface area contributed by atoms with Crippen LogP contribution in [0.1, 0.15) is 15.9 Å². The second-order valence-corrected chi connectivity index (χ2v) is 6.08. The van der Waals surface area contributed by atoms with Crippen LogP contribution in [0.2, 0.25) is 0 Å². The molecule has 0 unspecified atom stereocenters. The van der Waals surface area contributed by atoms with E-state index in [0.717, 1.165) is 0 Å². The Kier molecular flexibility index (Phi) is 3.97. The average Bonchev–Trinajstić information content (AvgIpc) is 2.39. The van der Waals surface area contributed by atoms with Crippen molar-refractivity contribution >= 4 is 27.3 Å². The molecule has 7 heteroatoms. The van der Waals surface area contributed by atoms with Crippen LogP contribution in [-0.2, 0) is 10.0 Å². The summed E-state index contributed by atoms with van der Waals surface area (Å²) in [6.07, 6.45) is 0. The molecule has 2 aromatic carbocycles. The predicted octanol–water partition coefficient (Wildman–Crippen LogP) is 1.48. The monoisotopic (exact) mass is 305 g/mol. The Balaban J connectivity index is 2.35. The van der Waals surface area contributed by atoms with Crippen LogP contribution in [0.25, 0.3) is 0 Å². The van der Waals surface area contributed by atoms with Crippen molar-refractivity contribution in [3.8, 4) is 0 Å². The first-order valence-electron chi connectivity index (χ1n) is 6.08. The third-order valence-electron chi connectivity index (χ3n) is 2.99. The number of benzene rings is 2. The highest BCUT2D eigenvalue weighted by Crippen LogP contribution is 2.22. The van der Waals surface area contributed by atoms with Gasteiger partial charge in [0.15, 0.2) is 0 Å². The second-order valence-electron chi connectivity index (χ2n) is 4.55. The van der Waals surface area contributed by atoms with Crippen molar-refractivity contribution in [1.82, 2.24) is 0 Å². The van der Waals surface area contributed by atoms with E-state index < -0.39 is 10.0 Å². The molecule has 1 amide bonds. The molecule has 0 bridgehead atoms. The molecule has 5 N–H and O–H groups in total. The molecule has 2 aromatic rings. The summed E-state index contributed by atoms with van der Waals surface area (Å²) >= 11 is 0. The lowest BCUT2D eigenvalue weighted by Gasteiger charge is -2.11. The van der Waals surface area contributed by atoms with E-state index in [0.29, 0.717) is 22.5 Å². The van der Waals surface area contributed by atoms with Gasteiger partial charge in [-0.25, -0.2) is 13.6 Å². The standard InChI is InChI=1S/C14H15N3O3S/c1-9-12(6-3-7-13(9)21(16,19)20)17-14(18)10-4-2-5-11(15)8-10/h2-8H,15H2,1H3,(H,17,18)(H2,16,19,20). The molecule has 2 rings (SSSR count). The molecule has 6 nitrogen and oxygen atoms in total. The number of sulfonamides is 1. The maximum Gasteiger partial charge on any atom is 0.255 e. The minimum atomic E-state index is -3.83. The van der Waals surface area contributed by atoms with E-state index >= 15 is 0 Å². The number of hydrogen-bond acceptors (Lipinski definition) is 4. The molecule has 0 aliphatic carbocycles. The normalized spacial score (nSPS) is 11.1. The van der Waals surface area contributed by atoms with Gasteiger partial charge in [-0.3, -0.25) is 4.79 Å². The zero-order valence-electron chi connectivity index (χ0n) is 11.3. The fourth-order valence-electron chi connectivity index (χ4n) is 1.93. The highest BCUT2D eigenvalue weighted by Gasteiger charge is 2.15. The van der Waals surface area contributed by atoms with Crippen molar-refractivity contribution in [2.75, 3.05) is 11.1 Å². The number of nitrogens with two attached hydrogens (primary N) is 2. The summed E-state index contributed by atoms with van der Waals surface area (Å²) in [5.74, 6) is -0.378. The highest BCUT2D eigenvalue weighted by molar-refractivity contribution is 7.89. The number of hydrogen-bond donors (Lipinski definition) is 3. The molecule has 21 heavy (non-hydrogen) atoms. The van der Waals surface area contributed by atoms with Crippen molar-refractivity contribution in [2.45, 2.75) is 11.8 Å². The zero-order chi connectivity index (χ0) is 15.6. The van der Waals surface area contributed by atoms with Gasteiger partial charge in [0.05, 0.1) is 4.90 Å². The van der Waals surface area contributed by atoms with E-state index in [4.69, 9.17) is 10.9 Å². The Bertz CT molecular complexity index is 801. The number of rotatable bonds is 3. The molecule has 0 saturated heterocycles. The number of nitrogen functional groups attached to an aromatic ring is 1. The van der Waals surface area contributed by atoms with Crippen LogP contribution in [0.4, 0.5) is 11.4 Å². The number of nitrogens with one attached hydrogen (secondary N) is 1. The Labute approximate surface area is 122 Å². The largest absolute Gasteiger partial charge is 0.399 e. The van der Waals surface area contributed by atoms with Crippen molar-refractivity contribution in [3.63, 3.8) is 0 Å². The van der Waals surface area contributed by atoms with Gasteiger partial charge in [0.2, 0.25) is 10.0 Å². The molecule has 0 aromatic heterocycles. The summed E-state index contributed by atoms with van der Waals surface area (Å²) in [7, 11) is -3.83. The fraction of sp³-hybridized carbons (Fsp3) is 0.0714. The minimum absolute atomic E-state index is 0.0205. The summed E-state index contributed by atoms with van der Waals surface area (Å²) < 4.78 is 22.9. The van der Waals surface area contributed by atoms with Crippen molar-refractivity contribution in [2.24, 2.45) is 5.14 Å². The van der Waals surface area contributed by atoms with E-state index in [-0.39, 0.29) is 10.8 Å². The van der Waals surface area contributed by atoms with E-state index in [9.17, 15) is 13.2 Å². The SMILES string of the molecule is Cc1c(NC(=O)c2cccc(N)c2)cccc1S(N)(=O)=O. The minimum Gasteiger partial charge on any atom is -0.399 e. The third kappa shape index (κ3) is 3.39. The number of carbonyl (C=O) groups excluding carboxylic acids is 1. The van der Waals surface area contributed by atoms with Gasteiger partial charge in [-0.15, -0.1) is 0 Å². The first-order valence-corrected chi connectivity index (χ1v) is 7.63. The number of carbonyl (C=O) groups is 1. The Hall–Kier alpha value is -2.38. The summed E-state index contributed by atoms with van der Waals surface area (Å²) in [6, 6.07) is 11.0. The van der Waals surface area contributed by atoms with Gasteiger partial charge in [-0.2, -0.15) is 0 Å². The smallest absolute Gasteiger partial charge is 0.255 e. The summed E-state index contributed by atoms with van der Waals surface area (Å²) in [5, 5.41) is 7.78. The van der Waals surface area contributed by atoms with Crippen molar-refractivity contribution < 1.29 is 13.2 Å². The average molecular weight is 305 g/mol. The summed E-state index contributed by atoms with van der Waals surface area (Å²) in [6.45, 7) is 1.58. The summed E-state index contributed by atoms with van der Waals surface area (Å²) in [5.41, 5.74) is 7.25. The van der Waals surface area contributed by atoms with Crippen LogP contribution in [0.15, 0.2) is 47.4 Å². The topological polar surface area (TPSA) is 115 Å². The Morgan fingerprint density at radius 1 is 1.14 bits per heavy atom. The molecule has 0 fully saturated rings. The maximum absolute atomic E-state index is 12.1. The summed E-state index contributed by atoms with van der Waals surface area (Å²) in [4.78, 5) is 12.1. The Morgan fingerprint density at radius 2 is 1.81 bits per heavy atom. The first kappa shape index (κ1) is 15.0. The van der Waals surface area contributed by atoms with Gasteiger partial charge in [0.1, 0.15) is 0 Å². The van der Waals surface area contributed by atoms with Gasteiger partial charge >= 0.3 is 0 Å². The molecule has 0 radical (unpaired) electrons. The molecule has 0 heterocycles. The van der Waals surface area contributed by atoms with Gasteiger partial charge in [0.25, 0.3) is 5.91 Å². The third-order valence-corrected chi connectivity index (χ3v) is 4.04. The molecular weight excluding hydrogens is 290 g/mol. The number of anilines is 2. The van der Waals surface area contributed by atoms with Crippen LogP contribution in [-0.4, -0.2) is 14.3 Å². The van der Waals surface area contributed by atoms with E-state index in [2.05, 4.69) is 5.32 Å². The van der Waals surface area contributed by atoms with Crippen molar-refractivity contribution in [1.29, 1.82) is 0 Å².